The van der Waals surface area contributed by atoms with Crippen LogP contribution in [0.5, 0.6) is 0 Å². The smallest absolute Gasteiger partial charge is 0.340 e. The topological polar surface area (TPSA) is 124 Å². The summed E-state index contributed by atoms with van der Waals surface area (Å²) in [4.78, 5) is 10.9. The van der Waals surface area contributed by atoms with E-state index >= 15 is 0 Å². The lowest BCUT2D eigenvalue weighted by Gasteiger charge is -2.33. The molecule has 9 heteroatoms. The van der Waals surface area contributed by atoms with Crippen LogP contribution in [0.3, 0.4) is 0 Å². The number of hydrogen-bond acceptors (Lipinski definition) is 5. The number of nitrogens with zero attached hydrogens (tertiary/aromatic N) is 2. The second-order valence-electron chi connectivity index (χ2n) is 4.69. The van der Waals surface area contributed by atoms with Crippen LogP contribution >= 0.6 is 0 Å². The van der Waals surface area contributed by atoms with Crippen LogP contribution in [0.4, 0.5) is 0 Å². The first-order valence-electron chi connectivity index (χ1n) is 5.73. The highest BCUT2D eigenvalue weighted by Crippen LogP contribution is 2.29. The molecule has 1 fully saturated rings. The molecule has 1 aromatic rings. The Kier molecular flexibility index (Phi) is 3.61. The molecule has 0 bridgehead atoms. The Morgan fingerprint density at radius 2 is 2.21 bits per heavy atom. The Balaban J connectivity index is 2.17. The number of rotatable bonds is 5. The lowest BCUT2D eigenvalue weighted by molar-refractivity contribution is 0.0367. The van der Waals surface area contributed by atoms with Crippen molar-refractivity contribution >= 4 is 16.0 Å². The molecule has 106 valence electrons. The van der Waals surface area contributed by atoms with Crippen molar-refractivity contribution in [2.24, 2.45) is 5.92 Å². The second kappa shape index (κ2) is 4.91. The number of aromatic nitrogens is 2. The molecule has 1 saturated carbocycles. The average molecular weight is 289 g/mol. The number of aliphatic hydroxyl groups is 1. The Morgan fingerprint density at radius 3 is 2.74 bits per heavy atom. The third-order valence-corrected chi connectivity index (χ3v) is 5.03. The van der Waals surface area contributed by atoms with E-state index in [0.29, 0.717) is 12.8 Å². The number of carboxylic acid groups (broad SMARTS) is 1. The SMILES string of the molecule is CN(CC1CC(O)C1)S(=O)(=O)c1[nH]ncc1C(=O)O. The number of aromatic carboxylic acids is 1. The Labute approximate surface area is 110 Å². The number of hydrogen-bond donors (Lipinski definition) is 3. The molecule has 1 aliphatic carbocycles. The van der Waals surface area contributed by atoms with Gasteiger partial charge in [-0.05, 0) is 18.8 Å². The van der Waals surface area contributed by atoms with E-state index in [-0.39, 0.29) is 24.1 Å². The van der Waals surface area contributed by atoms with Crippen molar-refractivity contribution < 1.29 is 23.4 Å². The lowest BCUT2D eigenvalue weighted by atomic mass is 9.82. The molecule has 0 unspecified atom stereocenters. The van der Waals surface area contributed by atoms with E-state index in [1.807, 2.05) is 0 Å². The fourth-order valence-corrected chi connectivity index (χ4v) is 3.40. The van der Waals surface area contributed by atoms with Gasteiger partial charge >= 0.3 is 5.97 Å². The summed E-state index contributed by atoms with van der Waals surface area (Å²) in [7, 11) is -2.53. The van der Waals surface area contributed by atoms with E-state index in [2.05, 4.69) is 10.2 Å². The molecule has 2 rings (SSSR count). The maximum atomic E-state index is 12.2. The van der Waals surface area contributed by atoms with E-state index < -0.39 is 21.0 Å². The van der Waals surface area contributed by atoms with Crippen LogP contribution in [0.2, 0.25) is 0 Å². The summed E-state index contributed by atoms with van der Waals surface area (Å²) in [5.41, 5.74) is -0.375. The van der Waals surface area contributed by atoms with Gasteiger partial charge in [0, 0.05) is 13.6 Å². The molecule has 0 spiro atoms. The Hall–Kier alpha value is -1.45. The molecule has 19 heavy (non-hydrogen) atoms. The van der Waals surface area contributed by atoms with E-state index in [1.54, 1.807) is 0 Å². The van der Waals surface area contributed by atoms with Crippen LogP contribution in [0.25, 0.3) is 0 Å². The fourth-order valence-electron chi connectivity index (χ4n) is 2.09. The maximum Gasteiger partial charge on any atom is 0.340 e. The van der Waals surface area contributed by atoms with Crippen LogP contribution in [0, 0.1) is 5.92 Å². The summed E-state index contributed by atoms with van der Waals surface area (Å²) in [6.45, 7) is 0.247. The van der Waals surface area contributed by atoms with Gasteiger partial charge in [-0.3, -0.25) is 5.10 Å². The Bertz CT molecular complexity index is 576. The molecular weight excluding hydrogens is 274 g/mol. The largest absolute Gasteiger partial charge is 0.478 e. The van der Waals surface area contributed by atoms with Crippen LogP contribution in [-0.4, -0.2) is 58.8 Å². The minimum absolute atomic E-state index is 0.103. The first-order valence-corrected chi connectivity index (χ1v) is 7.17. The van der Waals surface area contributed by atoms with E-state index in [1.165, 1.54) is 7.05 Å². The average Bonchev–Trinajstić information content (AvgIpc) is 2.76. The van der Waals surface area contributed by atoms with Gasteiger partial charge in [0.05, 0.1) is 12.3 Å². The number of aliphatic hydroxyl groups excluding tert-OH is 1. The van der Waals surface area contributed by atoms with Crippen molar-refractivity contribution in [3.8, 4) is 0 Å². The quantitative estimate of drug-likeness (QED) is 0.671. The predicted molar refractivity (Wildman–Crippen MR) is 64.1 cm³/mol. The molecule has 0 aromatic carbocycles. The van der Waals surface area contributed by atoms with Gasteiger partial charge in [0.15, 0.2) is 5.03 Å². The molecule has 0 atom stereocenters. The molecule has 1 aromatic heterocycles. The van der Waals surface area contributed by atoms with Gasteiger partial charge < -0.3 is 10.2 Å². The van der Waals surface area contributed by atoms with Gasteiger partial charge in [-0.15, -0.1) is 0 Å². The number of aromatic amines is 1. The van der Waals surface area contributed by atoms with Crippen molar-refractivity contribution in [3.05, 3.63) is 11.8 Å². The van der Waals surface area contributed by atoms with Crippen LogP contribution in [0.1, 0.15) is 23.2 Å². The Morgan fingerprint density at radius 1 is 1.58 bits per heavy atom. The van der Waals surface area contributed by atoms with Crippen molar-refractivity contribution in [3.63, 3.8) is 0 Å². The minimum Gasteiger partial charge on any atom is -0.478 e. The fraction of sp³-hybridized carbons (Fsp3) is 0.600. The summed E-state index contributed by atoms with van der Waals surface area (Å²) in [6, 6.07) is 0. The molecular formula is C10H15N3O5S. The van der Waals surface area contributed by atoms with Crippen LogP contribution < -0.4 is 0 Å². The number of carboxylic acids is 1. The highest BCUT2D eigenvalue weighted by molar-refractivity contribution is 7.89. The van der Waals surface area contributed by atoms with Gasteiger partial charge in [0.25, 0.3) is 10.0 Å². The molecule has 0 saturated heterocycles. The zero-order valence-electron chi connectivity index (χ0n) is 10.3. The zero-order chi connectivity index (χ0) is 14.2. The molecule has 0 aliphatic heterocycles. The lowest BCUT2D eigenvalue weighted by Crippen LogP contribution is -2.39. The number of nitrogens with one attached hydrogen (secondary N) is 1. The van der Waals surface area contributed by atoms with Gasteiger partial charge in [-0.1, -0.05) is 0 Å². The highest BCUT2D eigenvalue weighted by Gasteiger charge is 2.34. The predicted octanol–water partition coefficient (Wildman–Crippen LogP) is -0.501. The van der Waals surface area contributed by atoms with Crippen molar-refractivity contribution in [2.75, 3.05) is 13.6 Å². The normalized spacial score (nSPS) is 23.3. The van der Waals surface area contributed by atoms with E-state index in [0.717, 1.165) is 10.5 Å². The third-order valence-electron chi connectivity index (χ3n) is 3.23. The molecule has 3 N–H and O–H groups in total. The van der Waals surface area contributed by atoms with Gasteiger partial charge in [-0.2, -0.15) is 9.40 Å². The van der Waals surface area contributed by atoms with E-state index in [9.17, 15) is 18.3 Å². The molecule has 0 amide bonds. The first kappa shape index (κ1) is 14.0. The maximum absolute atomic E-state index is 12.2. The van der Waals surface area contributed by atoms with Crippen molar-refractivity contribution in [1.29, 1.82) is 0 Å². The molecule has 0 radical (unpaired) electrons. The number of H-pyrrole nitrogens is 1. The monoisotopic (exact) mass is 289 g/mol. The summed E-state index contributed by atoms with van der Waals surface area (Å²) in [5.74, 6) is -1.24. The van der Waals surface area contributed by atoms with Gasteiger partial charge in [-0.25, -0.2) is 13.2 Å². The van der Waals surface area contributed by atoms with Crippen LogP contribution in [0.15, 0.2) is 11.2 Å². The second-order valence-corrected chi connectivity index (χ2v) is 6.68. The summed E-state index contributed by atoms with van der Waals surface area (Å²) < 4.78 is 25.5. The number of sulfonamides is 1. The minimum atomic E-state index is -3.91. The molecule has 1 aliphatic rings. The zero-order valence-corrected chi connectivity index (χ0v) is 11.1. The first-order chi connectivity index (χ1) is 8.82. The van der Waals surface area contributed by atoms with Gasteiger partial charge in [0.1, 0.15) is 5.56 Å². The highest BCUT2D eigenvalue weighted by atomic mass is 32.2. The van der Waals surface area contributed by atoms with Crippen molar-refractivity contribution in [1.82, 2.24) is 14.5 Å². The van der Waals surface area contributed by atoms with Crippen LogP contribution in [-0.2, 0) is 10.0 Å². The standard InChI is InChI=1S/C10H15N3O5S/c1-13(5-6-2-7(14)3-6)19(17,18)9-8(10(15)16)4-11-12-9/h4,6-7,14H,2-3,5H2,1H3,(H,11,12)(H,15,16). The molecule has 8 nitrogen and oxygen atoms in total. The van der Waals surface area contributed by atoms with Gasteiger partial charge in [0.2, 0.25) is 0 Å². The van der Waals surface area contributed by atoms with Crippen molar-refractivity contribution in [2.45, 2.75) is 24.0 Å². The van der Waals surface area contributed by atoms with E-state index in [4.69, 9.17) is 5.11 Å². The third kappa shape index (κ3) is 2.62. The summed E-state index contributed by atoms with van der Waals surface area (Å²) >= 11 is 0. The number of carbonyl (C=O) groups is 1. The molecule has 1 heterocycles. The summed E-state index contributed by atoms with van der Waals surface area (Å²) in [6.07, 6.45) is 1.74. The summed E-state index contributed by atoms with van der Waals surface area (Å²) in [5, 5.41) is 23.3.